The number of nitrogens with zero attached hydrogens (tertiary/aromatic N) is 4. The van der Waals surface area contributed by atoms with Gasteiger partial charge in [-0.2, -0.15) is 0 Å². The van der Waals surface area contributed by atoms with E-state index in [9.17, 15) is 0 Å². The summed E-state index contributed by atoms with van der Waals surface area (Å²) in [7, 11) is 0. The lowest BCUT2D eigenvalue weighted by Crippen LogP contribution is -2.61. The van der Waals surface area contributed by atoms with Gasteiger partial charge in [0.25, 0.3) is 6.71 Å². The zero-order valence-corrected chi connectivity index (χ0v) is 42.1. The maximum atomic E-state index is 5.57. The maximum Gasteiger partial charge on any atom is 0.252 e. The summed E-state index contributed by atoms with van der Waals surface area (Å²) < 4.78 is 0. The molecule has 0 fully saturated rings. The van der Waals surface area contributed by atoms with Gasteiger partial charge in [-0.3, -0.25) is 0 Å². The number of para-hydroxylation sites is 1. The van der Waals surface area contributed by atoms with Crippen molar-refractivity contribution < 1.29 is 0 Å². The Kier molecular flexibility index (Phi) is 9.47. The second-order valence-electron chi connectivity index (χ2n) is 22.2. The first-order chi connectivity index (χ1) is 35.4. The Hall–Kier alpha value is -8.54. The van der Waals surface area contributed by atoms with Crippen molar-refractivity contribution in [2.45, 2.75) is 52.4 Å². The number of aromatic nitrogens is 2. The molecule has 12 aromatic rings. The van der Waals surface area contributed by atoms with Crippen molar-refractivity contribution in [3.05, 3.63) is 223 Å². The van der Waals surface area contributed by atoms with Crippen molar-refractivity contribution in [3.63, 3.8) is 0 Å². The van der Waals surface area contributed by atoms with E-state index in [0.717, 1.165) is 50.5 Å². The average molecular weight is 937 g/mol. The average Bonchev–Trinajstić information content (AvgIpc) is 3.42. The minimum atomic E-state index is -0.108. The molecule has 0 unspecified atom stereocenters. The Bertz CT molecular complexity index is 4010. The molecule has 2 aliphatic heterocycles. The van der Waals surface area contributed by atoms with Crippen molar-refractivity contribution in [1.82, 2.24) is 9.97 Å². The van der Waals surface area contributed by atoms with E-state index in [4.69, 9.17) is 9.97 Å². The molecule has 14 rings (SSSR count). The molecule has 0 spiro atoms. The normalized spacial score (nSPS) is 13.3. The third kappa shape index (κ3) is 6.90. The van der Waals surface area contributed by atoms with Crippen molar-refractivity contribution >= 4 is 111 Å². The molecule has 0 amide bonds. The zero-order valence-electron chi connectivity index (χ0n) is 42.1. The highest BCUT2D eigenvalue weighted by Gasteiger charge is 2.44. The van der Waals surface area contributed by atoms with Crippen LogP contribution in [0.3, 0.4) is 0 Å². The fraction of sp³-hybridized carbons (Fsp3) is 0.118. The summed E-state index contributed by atoms with van der Waals surface area (Å²) in [6, 6.07) is 79.1. The molecule has 348 valence electrons. The molecule has 73 heavy (non-hydrogen) atoms. The van der Waals surface area contributed by atoms with Crippen LogP contribution in [-0.4, -0.2) is 16.7 Å². The van der Waals surface area contributed by atoms with Gasteiger partial charge in [-0.1, -0.05) is 199 Å². The highest BCUT2D eigenvalue weighted by Crippen LogP contribution is 2.48. The fourth-order valence-electron chi connectivity index (χ4n) is 11.9. The van der Waals surface area contributed by atoms with E-state index >= 15 is 0 Å². The van der Waals surface area contributed by atoms with Crippen molar-refractivity contribution in [2.75, 3.05) is 9.80 Å². The van der Waals surface area contributed by atoms with Gasteiger partial charge >= 0.3 is 0 Å². The molecule has 2 aliphatic rings. The predicted molar refractivity (Wildman–Crippen MR) is 312 cm³/mol. The van der Waals surface area contributed by atoms with Crippen LogP contribution in [0, 0.1) is 0 Å². The van der Waals surface area contributed by atoms with E-state index in [1.165, 1.54) is 82.0 Å². The minimum absolute atomic E-state index is 0.0115. The van der Waals surface area contributed by atoms with Gasteiger partial charge in [-0.25, -0.2) is 9.97 Å². The maximum absolute atomic E-state index is 5.57. The fourth-order valence-corrected chi connectivity index (χ4v) is 11.9. The van der Waals surface area contributed by atoms with Gasteiger partial charge in [0, 0.05) is 50.6 Å². The van der Waals surface area contributed by atoms with Crippen LogP contribution in [0.5, 0.6) is 0 Å². The number of benzene rings is 11. The molecule has 3 heterocycles. The molecule has 0 N–H and O–H groups in total. The Morgan fingerprint density at radius 2 is 0.808 bits per heavy atom. The third-order valence-corrected chi connectivity index (χ3v) is 15.7. The summed E-state index contributed by atoms with van der Waals surface area (Å²) in [6.07, 6.45) is 0. The number of anilines is 6. The summed E-state index contributed by atoms with van der Waals surface area (Å²) in [5.41, 5.74) is 17.0. The van der Waals surface area contributed by atoms with Gasteiger partial charge < -0.3 is 9.80 Å². The van der Waals surface area contributed by atoms with Crippen molar-refractivity contribution in [2.24, 2.45) is 0 Å². The van der Waals surface area contributed by atoms with E-state index in [0.29, 0.717) is 5.82 Å². The van der Waals surface area contributed by atoms with Crippen LogP contribution >= 0.6 is 0 Å². The van der Waals surface area contributed by atoms with Gasteiger partial charge in [0.1, 0.15) is 0 Å². The topological polar surface area (TPSA) is 32.3 Å². The molecule has 0 saturated carbocycles. The third-order valence-electron chi connectivity index (χ3n) is 15.7. The monoisotopic (exact) mass is 936 g/mol. The molecule has 11 aromatic carbocycles. The Morgan fingerprint density at radius 3 is 1.32 bits per heavy atom. The van der Waals surface area contributed by atoms with Crippen LogP contribution < -0.4 is 26.2 Å². The lowest BCUT2D eigenvalue weighted by molar-refractivity contribution is 0.590. The molecule has 1 aromatic heterocycles. The molecule has 0 saturated heterocycles. The van der Waals surface area contributed by atoms with Crippen LogP contribution in [0.25, 0.3) is 76.6 Å². The van der Waals surface area contributed by atoms with E-state index in [1.807, 2.05) is 0 Å². The van der Waals surface area contributed by atoms with Crippen molar-refractivity contribution in [3.8, 4) is 22.6 Å². The molecular formula is C68H53BN4. The predicted octanol–water partition coefficient (Wildman–Crippen LogP) is 16.3. The Morgan fingerprint density at radius 1 is 0.356 bits per heavy atom. The van der Waals surface area contributed by atoms with Gasteiger partial charge in [0.05, 0.1) is 11.2 Å². The van der Waals surface area contributed by atoms with E-state index in [-0.39, 0.29) is 17.5 Å². The van der Waals surface area contributed by atoms with Crippen LogP contribution in [0.2, 0.25) is 0 Å². The van der Waals surface area contributed by atoms with Crippen LogP contribution in [-0.2, 0) is 10.8 Å². The first-order valence-electron chi connectivity index (χ1n) is 25.7. The van der Waals surface area contributed by atoms with Gasteiger partial charge in [-0.05, 0) is 136 Å². The lowest BCUT2D eigenvalue weighted by atomic mass is 9.33. The summed E-state index contributed by atoms with van der Waals surface area (Å²) in [5, 5.41) is 10.9. The quantitative estimate of drug-likeness (QED) is 0.130. The highest BCUT2D eigenvalue weighted by atomic mass is 15.2. The first-order valence-corrected chi connectivity index (χ1v) is 25.7. The van der Waals surface area contributed by atoms with Crippen LogP contribution in [0.1, 0.15) is 52.7 Å². The standard InChI is InChI=1S/C68H53BN4/c1-67(2,3)48-28-32-50(33-29-48)72-60-40-55-45(26-24-42-16-10-12-20-52(42)55)36-57(60)69-58-37-46-27-25-43-17-11-13-21-53(43)56(46)41-61(58)73(51-34-30-49(31-35-51)68(4,5)6)63-39-47(38-62(72)64(63)69)66-70-59-23-15-14-22-54(59)65(71-66)44-18-8-7-9-19-44/h7-41H,1-6H3. The van der Waals surface area contributed by atoms with E-state index in [1.54, 1.807) is 0 Å². The van der Waals surface area contributed by atoms with Crippen molar-refractivity contribution in [1.29, 1.82) is 0 Å². The van der Waals surface area contributed by atoms with Crippen LogP contribution in [0.15, 0.2) is 212 Å². The number of rotatable bonds is 4. The van der Waals surface area contributed by atoms with E-state index in [2.05, 4.69) is 264 Å². The number of hydrogen-bond donors (Lipinski definition) is 0. The molecular weight excluding hydrogens is 884 g/mol. The molecule has 0 radical (unpaired) electrons. The zero-order chi connectivity index (χ0) is 49.3. The Labute approximate surface area is 427 Å². The van der Waals surface area contributed by atoms with Gasteiger partial charge in [0.15, 0.2) is 5.82 Å². The number of hydrogen-bond acceptors (Lipinski definition) is 4. The summed E-state index contributed by atoms with van der Waals surface area (Å²) in [5.74, 6) is 0.685. The molecule has 5 heteroatoms. The lowest BCUT2D eigenvalue weighted by Gasteiger charge is -2.45. The summed E-state index contributed by atoms with van der Waals surface area (Å²) in [4.78, 5) is 16.1. The van der Waals surface area contributed by atoms with Crippen LogP contribution in [0.4, 0.5) is 34.1 Å². The number of fused-ring (bicyclic) bond motifs is 11. The SMILES string of the molecule is CC(C)(C)c1ccc(N2c3cc4c(ccc5ccccc54)cc3B3c4cc5ccc6ccccc6c5cc4N(c4ccc(C(C)(C)C)cc4)c4cc(-c5nc(-c6ccccc6)c6ccccc6n5)cc2c43)cc1. The minimum Gasteiger partial charge on any atom is -0.311 e. The highest BCUT2D eigenvalue weighted by molar-refractivity contribution is 7.00. The van der Waals surface area contributed by atoms with E-state index < -0.39 is 0 Å². The van der Waals surface area contributed by atoms with Gasteiger partial charge in [-0.15, -0.1) is 0 Å². The summed E-state index contributed by atoms with van der Waals surface area (Å²) in [6.45, 7) is 13.6. The molecule has 4 nitrogen and oxygen atoms in total. The largest absolute Gasteiger partial charge is 0.311 e. The molecule has 0 aliphatic carbocycles. The first kappa shape index (κ1) is 43.3. The summed E-state index contributed by atoms with van der Waals surface area (Å²) >= 11 is 0. The smallest absolute Gasteiger partial charge is 0.252 e. The molecule has 0 bridgehead atoms. The second-order valence-corrected chi connectivity index (χ2v) is 22.2. The van der Waals surface area contributed by atoms with Gasteiger partial charge in [0.2, 0.25) is 0 Å². The second kappa shape index (κ2) is 16.0. The molecule has 0 atom stereocenters. The Balaban J connectivity index is 1.14.